The topological polar surface area (TPSA) is 196 Å². The Labute approximate surface area is 457 Å². The molecule has 2 saturated heterocycles. The summed E-state index contributed by atoms with van der Waals surface area (Å²) in [4.78, 5) is 61.7. The van der Waals surface area contributed by atoms with E-state index in [1.54, 1.807) is 50.5 Å². The zero-order valence-electron chi connectivity index (χ0n) is 44.0. The van der Waals surface area contributed by atoms with Gasteiger partial charge in [0.05, 0.1) is 44.2 Å². The molecular formula is C59H74N10O9. The summed E-state index contributed by atoms with van der Waals surface area (Å²) in [5.41, 5.74) is 8.73. The Morgan fingerprint density at radius 1 is 0.756 bits per heavy atom. The molecule has 3 aromatic heterocycles. The number of nitrogens with two attached hydrogens (primary N) is 1. The van der Waals surface area contributed by atoms with Crippen LogP contribution in [0.2, 0.25) is 0 Å². The van der Waals surface area contributed by atoms with Gasteiger partial charge in [-0.3, -0.25) is 24.2 Å². The molecule has 1 atom stereocenters. The van der Waals surface area contributed by atoms with Crippen LogP contribution in [-0.4, -0.2) is 151 Å². The molecule has 1 unspecified atom stereocenters. The first-order valence-electron chi connectivity index (χ1n) is 25.6. The Balaban J connectivity index is 0.000000172. The summed E-state index contributed by atoms with van der Waals surface area (Å²) in [6, 6.07) is 30.2. The maximum Gasteiger partial charge on any atom is 0.289 e. The minimum atomic E-state index is -0.687. The standard InChI is InChI=1S/C24H29N3O3.C19H21N5O4.C14H16N2O2.2CH4/c1-24(2)19-9-5-4-8-18(19)22(28)27(23(24)29)17-14-25-12-15-26(16-13-25)20-10-6-7-11-21(20)30-3;1-26-15-10-12-13(11-16(15)27-2)21-19(22-17(12)20)24-7-5-23(6-8-24)18(25)14-4-3-9-28-14;1-2-16-8-7-15-14(16)9-11-10-17-12-5-3-4-6-13(12)18-11;;/h4-11H,12-17H2,1-3H3;3-4,9-11H,5-8H2,1-2H3,(H2,20,21,22);3-8,11H,2,9-10H2,1H3;2*1H4. The molecule has 0 spiro atoms. The largest absolute Gasteiger partial charge is 0.495 e. The summed E-state index contributed by atoms with van der Waals surface area (Å²) in [5, 5.41) is 0.702. The second-order valence-electron chi connectivity index (χ2n) is 19.2. The van der Waals surface area contributed by atoms with E-state index in [4.69, 9.17) is 33.8 Å². The van der Waals surface area contributed by atoms with Crippen LogP contribution in [0.5, 0.6) is 28.7 Å². The number of methoxy groups -OCH3 is 3. The van der Waals surface area contributed by atoms with Crippen molar-refractivity contribution in [1.29, 1.82) is 0 Å². The van der Waals surface area contributed by atoms with Crippen LogP contribution in [0.4, 0.5) is 17.5 Å². The highest BCUT2D eigenvalue weighted by Crippen LogP contribution is 2.37. The number of anilines is 3. The zero-order chi connectivity index (χ0) is 53.3. The van der Waals surface area contributed by atoms with Gasteiger partial charge in [0.2, 0.25) is 11.9 Å². The highest BCUT2D eigenvalue weighted by Gasteiger charge is 2.44. The first-order chi connectivity index (χ1) is 36.9. The summed E-state index contributed by atoms with van der Waals surface area (Å²) in [6.07, 6.45) is 6.13. The molecule has 0 aliphatic carbocycles. The number of aromatic nitrogens is 4. The number of piperazine rings is 2. The van der Waals surface area contributed by atoms with Crippen molar-refractivity contribution in [2.45, 2.75) is 60.1 Å². The average molecular weight is 1070 g/mol. The van der Waals surface area contributed by atoms with E-state index in [0.717, 1.165) is 73.5 Å². The second-order valence-corrected chi connectivity index (χ2v) is 19.2. The molecule has 3 amide bonds. The molecule has 11 rings (SSSR count). The van der Waals surface area contributed by atoms with Gasteiger partial charge in [0.1, 0.15) is 30.1 Å². The number of imide groups is 1. The van der Waals surface area contributed by atoms with Crippen molar-refractivity contribution in [2.75, 3.05) is 109 Å². The molecule has 4 aromatic carbocycles. The van der Waals surface area contributed by atoms with Gasteiger partial charge in [0, 0.05) is 108 Å². The predicted octanol–water partition coefficient (Wildman–Crippen LogP) is 8.12. The van der Waals surface area contributed by atoms with Gasteiger partial charge in [-0.1, -0.05) is 57.3 Å². The monoisotopic (exact) mass is 1070 g/mol. The lowest BCUT2D eigenvalue weighted by molar-refractivity contribution is -0.134. The van der Waals surface area contributed by atoms with E-state index in [2.05, 4.69) is 42.3 Å². The number of rotatable bonds is 12. The zero-order valence-corrected chi connectivity index (χ0v) is 44.0. The Kier molecular flexibility index (Phi) is 18.9. The summed E-state index contributed by atoms with van der Waals surface area (Å²) < 4.78 is 35.1. The molecule has 0 saturated carbocycles. The number of carbonyl (C=O) groups is 3. The molecule has 7 aromatic rings. The Morgan fingerprint density at radius 3 is 2.13 bits per heavy atom. The molecule has 2 N–H and O–H groups in total. The van der Waals surface area contributed by atoms with Crippen LogP contribution in [0.15, 0.2) is 120 Å². The van der Waals surface area contributed by atoms with E-state index in [-0.39, 0.29) is 38.7 Å². The number of hydrogen-bond donors (Lipinski definition) is 1. The first kappa shape index (κ1) is 57.4. The fourth-order valence-electron chi connectivity index (χ4n) is 9.91. The molecule has 7 heterocycles. The van der Waals surface area contributed by atoms with Crippen LogP contribution in [0.1, 0.15) is 67.9 Å². The summed E-state index contributed by atoms with van der Waals surface area (Å²) in [5.74, 6) is 5.58. The van der Waals surface area contributed by atoms with Crippen molar-refractivity contribution in [3.05, 3.63) is 138 Å². The molecule has 0 bridgehead atoms. The number of aryl methyl sites for hydroxylation is 1. The lowest BCUT2D eigenvalue weighted by atomic mass is 9.77. The summed E-state index contributed by atoms with van der Waals surface area (Å²) >= 11 is 0. The SMILES string of the molecule is C.C.CCn1ccnc1CC1COc2ccccc2O1.COc1cc2nc(N3CCN(C(=O)c4ccco4)CC3)nc(N)c2cc1OC.COc1ccccc1N1CCN(CCN2C(=O)c3ccccc3C(C)(C)C2=O)CC1. The van der Waals surface area contributed by atoms with Gasteiger partial charge in [-0.2, -0.15) is 4.98 Å². The number of hydrogen-bond acceptors (Lipinski definition) is 16. The highest BCUT2D eigenvalue weighted by atomic mass is 16.6. The fraction of sp³-hybridized carbons (Fsp3) is 0.390. The number of carbonyl (C=O) groups excluding carboxylic acids is 3. The van der Waals surface area contributed by atoms with E-state index in [1.165, 1.54) is 11.2 Å². The van der Waals surface area contributed by atoms with Crippen LogP contribution < -0.4 is 39.2 Å². The summed E-state index contributed by atoms with van der Waals surface area (Å²) in [7, 11) is 4.84. The van der Waals surface area contributed by atoms with Crippen LogP contribution >= 0.6 is 0 Å². The van der Waals surface area contributed by atoms with Crippen molar-refractivity contribution in [1.82, 2.24) is 34.2 Å². The number of furan rings is 1. The third-order valence-electron chi connectivity index (χ3n) is 14.2. The Hall–Kier alpha value is -8.32. The predicted molar refractivity (Wildman–Crippen MR) is 302 cm³/mol. The van der Waals surface area contributed by atoms with Gasteiger partial charge >= 0.3 is 0 Å². The van der Waals surface area contributed by atoms with Gasteiger partial charge in [0.25, 0.3) is 11.8 Å². The van der Waals surface area contributed by atoms with Gasteiger partial charge < -0.3 is 53.1 Å². The molecule has 414 valence electrons. The third kappa shape index (κ3) is 12.4. The van der Waals surface area contributed by atoms with Crippen molar-refractivity contribution in [3.63, 3.8) is 0 Å². The number of benzene rings is 4. The maximum atomic E-state index is 13.1. The first-order valence-corrected chi connectivity index (χ1v) is 25.6. The van der Waals surface area contributed by atoms with Gasteiger partial charge in [-0.25, -0.2) is 9.97 Å². The minimum Gasteiger partial charge on any atom is -0.495 e. The summed E-state index contributed by atoms with van der Waals surface area (Å²) in [6.45, 7) is 14.4. The lowest BCUT2D eigenvalue weighted by Gasteiger charge is -2.40. The number of fused-ring (bicyclic) bond motifs is 3. The quantitative estimate of drug-likeness (QED) is 0.115. The number of imidazole rings is 1. The maximum absolute atomic E-state index is 13.1. The lowest BCUT2D eigenvalue weighted by Crippen LogP contribution is -2.55. The highest BCUT2D eigenvalue weighted by molar-refractivity contribution is 6.12. The molecule has 78 heavy (non-hydrogen) atoms. The van der Waals surface area contributed by atoms with Crippen molar-refractivity contribution < 1.29 is 42.5 Å². The van der Waals surface area contributed by atoms with E-state index in [9.17, 15) is 14.4 Å². The third-order valence-corrected chi connectivity index (χ3v) is 14.2. The number of amides is 3. The van der Waals surface area contributed by atoms with Gasteiger partial charge in [-0.05, 0) is 74.9 Å². The normalized spacial score (nSPS) is 16.6. The van der Waals surface area contributed by atoms with Crippen molar-refractivity contribution in [3.8, 4) is 28.7 Å². The van der Waals surface area contributed by atoms with E-state index >= 15 is 0 Å². The fourth-order valence-corrected chi connectivity index (χ4v) is 9.91. The minimum absolute atomic E-state index is 0. The average Bonchev–Trinajstić information content (AvgIpc) is 4.27. The molecule has 19 nitrogen and oxygen atoms in total. The Bertz CT molecular complexity index is 3130. The second kappa shape index (κ2) is 25.7. The molecule has 0 radical (unpaired) electrons. The van der Waals surface area contributed by atoms with Gasteiger partial charge in [0.15, 0.2) is 28.8 Å². The van der Waals surface area contributed by atoms with Gasteiger partial charge in [-0.15, -0.1) is 0 Å². The molecular weight excluding hydrogens is 993 g/mol. The molecule has 19 heteroatoms. The molecule has 4 aliphatic heterocycles. The smallest absolute Gasteiger partial charge is 0.289 e. The van der Waals surface area contributed by atoms with Crippen LogP contribution in [0, 0.1) is 0 Å². The number of nitrogen functional groups attached to an aromatic ring is 1. The van der Waals surface area contributed by atoms with Crippen molar-refractivity contribution in [2.24, 2.45) is 0 Å². The Morgan fingerprint density at radius 2 is 1.42 bits per heavy atom. The number of para-hydroxylation sites is 4. The molecule has 4 aliphatic rings. The van der Waals surface area contributed by atoms with E-state index < -0.39 is 5.41 Å². The number of ether oxygens (including phenoxy) is 5. The van der Waals surface area contributed by atoms with E-state index in [0.29, 0.717) is 91.4 Å². The van der Waals surface area contributed by atoms with Crippen LogP contribution in [0.25, 0.3) is 10.9 Å². The van der Waals surface area contributed by atoms with Crippen LogP contribution in [0.3, 0.4) is 0 Å². The van der Waals surface area contributed by atoms with E-state index in [1.807, 2.05) is 97.9 Å². The van der Waals surface area contributed by atoms with Crippen LogP contribution in [-0.2, 0) is 23.2 Å². The van der Waals surface area contributed by atoms with Crippen molar-refractivity contribution >= 4 is 46.1 Å². The molecule has 2 fully saturated rings. The number of nitrogens with zero attached hydrogens (tertiary/aromatic N) is 9.